The van der Waals surface area contributed by atoms with Gasteiger partial charge in [-0.15, -0.1) is 0 Å². The molecule has 124 valence electrons. The summed E-state index contributed by atoms with van der Waals surface area (Å²) in [5.41, 5.74) is 2.51. The van der Waals surface area contributed by atoms with Crippen LogP contribution in [0.15, 0.2) is 36.4 Å². The zero-order chi connectivity index (χ0) is 16.8. The zero-order valence-corrected chi connectivity index (χ0v) is 14.0. The highest BCUT2D eigenvalue weighted by Crippen LogP contribution is 2.10. The fourth-order valence-corrected chi connectivity index (χ4v) is 2.58. The molecular weight excluding hydrogens is 290 g/mol. The van der Waals surface area contributed by atoms with E-state index >= 15 is 0 Å². The molecule has 1 aromatic heterocycles. The van der Waals surface area contributed by atoms with Gasteiger partial charge in [-0.3, -0.25) is 9.48 Å². The number of aryl methyl sites for hydroxylation is 1. The Hall–Kier alpha value is -2.14. The third kappa shape index (κ3) is 4.93. The molecular formula is C18H25N3O2. The lowest BCUT2D eigenvalue weighted by atomic mass is 10.1. The van der Waals surface area contributed by atoms with Crippen LogP contribution >= 0.6 is 0 Å². The quantitative estimate of drug-likeness (QED) is 0.821. The largest absolute Gasteiger partial charge is 0.394 e. The molecule has 0 unspecified atom stereocenters. The van der Waals surface area contributed by atoms with Crippen molar-refractivity contribution in [3.8, 4) is 0 Å². The van der Waals surface area contributed by atoms with Crippen LogP contribution in [-0.2, 0) is 19.9 Å². The molecule has 1 amide bonds. The van der Waals surface area contributed by atoms with E-state index in [1.54, 1.807) is 11.7 Å². The Morgan fingerprint density at radius 1 is 1.26 bits per heavy atom. The molecule has 1 atom stereocenters. The fourth-order valence-electron chi connectivity index (χ4n) is 2.58. The summed E-state index contributed by atoms with van der Waals surface area (Å²) < 4.78 is 1.60. The number of carbonyl (C=O) groups excluding carboxylic acids is 1. The van der Waals surface area contributed by atoms with E-state index in [1.807, 2.05) is 36.4 Å². The van der Waals surface area contributed by atoms with E-state index in [0.29, 0.717) is 18.0 Å². The molecule has 0 saturated heterocycles. The predicted molar refractivity (Wildman–Crippen MR) is 90.2 cm³/mol. The normalized spacial score (nSPS) is 12.4. The second-order valence-corrected chi connectivity index (χ2v) is 6.29. The maximum Gasteiger partial charge on any atom is 0.269 e. The van der Waals surface area contributed by atoms with Crippen molar-refractivity contribution < 1.29 is 9.90 Å². The first-order valence-electron chi connectivity index (χ1n) is 7.98. The van der Waals surface area contributed by atoms with Crippen LogP contribution in [0.2, 0.25) is 0 Å². The van der Waals surface area contributed by atoms with Gasteiger partial charge in [0.1, 0.15) is 5.69 Å². The Balaban J connectivity index is 2.03. The molecule has 0 spiro atoms. The summed E-state index contributed by atoms with van der Waals surface area (Å²) >= 11 is 0. The van der Waals surface area contributed by atoms with Crippen molar-refractivity contribution in [2.45, 2.75) is 32.7 Å². The van der Waals surface area contributed by atoms with Crippen molar-refractivity contribution in [3.05, 3.63) is 53.3 Å². The molecule has 0 aliphatic heterocycles. The Morgan fingerprint density at radius 2 is 1.96 bits per heavy atom. The van der Waals surface area contributed by atoms with E-state index in [9.17, 15) is 9.90 Å². The number of carbonyl (C=O) groups is 1. The molecule has 0 radical (unpaired) electrons. The summed E-state index contributed by atoms with van der Waals surface area (Å²) in [5.74, 6) is 0.286. The molecule has 0 saturated carbocycles. The van der Waals surface area contributed by atoms with E-state index in [0.717, 1.165) is 17.7 Å². The van der Waals surface area contributed by atoms with Crippen LogP contribution in [-0.4, -0.2) is 33.4 Å². The third-order valence-electron chi connectivity index (χ3n) is 3.66. The molecule has 1 aromatic carbocycles. The SMILES string of the molecule is CC(C)Cc1cc(C(=O)N[C@H](CO)Cc2ccccc2)n(C)n1. The number of aliphatic hydroxyl groups is 1. The van der Waals surface area contributed by atoms with Gasteiger partial charge in [0.25, 0.3) is 5.91 Å². The summed E-state index contributed by atoms with van der Waals surface area (Å²) in [6.45, 7) is 4.14. The maximum absolute atomic E-state index is 12.4. The Bertz CT molecular complexity index is 635. The van der Waals surface area contributed by atoms with Gasteiger partial charge in [-0.25, -0.2) is 0 Å². The summed E-state index contributed by atoms with van der Waals surface area (Å²) in [6.07, 6.45) is 1.44. The first-order valence-corrected chi connectivity index (χ1v) is 7.98. The fraction of sp³-hybridized carbons (Fsp3) is 0.444. The van der Waals surface area contributed by atoms with Gasteiger partial charge in [0.05, 0.1) is 18.3 Å². The van der Waals surface area contributed by atoms with E-state index in [-0.39, 0.29) is 18.6 Å². The van der Waals surface area contributed by atoms with Gasteiger partial charge in [0.2, 0.25) is 0 Å². The van der Waals surface area contributed by atoms with Crippen molar-refractivity contribution >= 4 is 5.91 Å². The highest BCUT2D eigenvalue weighted by atomic mass is 16.3. The van der Waals surface area contributed by atoms with Gasteiger partial charge in [-0.2, -0.15) is 5.10 Å². The monoisotopic (exact) mass is 315 g/mol. The van der Waals surface area contributed by atoms with E-state index in [1.165, 1.54) is 0 Å². The van der Waals surface area contributed by atoms with Crippen molar-refractivity contribution in [2.24, 2.45) is 13.0 Å². The molecule has 23 heavy (non-hydrogen) atoms. The third-order valence-corrected chi connectivity index (χ3v) is 3.66. The number of rotatable bonds is 7. The first kappa shape index (κ1) is 17.2. The van der Waals surface area contributed by atoms with Gasteiger partial charge in [-0.05, 0) is 30.4 Å². The van der Waals surface area contributed by atoms with Crippen molar-refractivity contribution in [1.82, 2.24) is 15.1 Å². The molecule has 5 heteroatoms. The standard InChI is InChI=1S/C18H25N3O2/c1-13(2)9-15-11-17(21(3)20-15)18(23)19-16(12-22)10-14-7-5-4-6-8-14/h4-8,11,13,16,22H,9-10,12H2,1-3H3,(H,19,23)/t16-/m0/s1. The molecule has 0 fully saturated rings. The molecule has 0 aliphatic rings. The van der Waals surface area contributed by atoms with Crippen LogP contribution in [0.25, 0.3) is 0 Å². The van der Waals surface area contributed by atoms with Gasteiger partial charge in [0.15, 0.2) is 0 Å². The number of nitrogens with zero attached hydrogens (tertiary/aromatic N) is 2. The Labute approximate surface area is 137 Å². The summed E-state index contributed by atoms with van der Waals surface area (Å²) in [7, 11) is 1.77. The average molecular weight is 315 g/mol. The van der Waals surface area contributed by atoms with Gasteiger partial charge < -0.3 is 10.4 Å². The van der Waals surface area contributed by atoms with Gasteiger partial charge in [0, 0.05) is 7.05 Å². The lowest BCUT2D eigenvalue weighted by Gasteiger charge is -2.16. The topological polar surface area (TPSA) is 67.2 Å². The van der Waals surface area contributed by atoms with Crippen molar-refractivity contribution in [1.29, 1.82) is 0 Å². The van der Waals surface area contributed by atoms with Crippen LogP contribution in [0.4, 0.5) is 0 Å². The predicted octanol–water partition coefficient (Wildman–Crippen LogP) is 1.95. The molecule has 2 N–H and O–H groups in total. The second kappa shape index (κ2) is 7.92. The number of benzene rings is 1. The summed E-state index contributed by atoms with van der Waals surface area (Å²) in [5, 5.41) is 16.8. The van der Waals surface area contributed by atoms with Crippen molar-refractivity contribution in [2.75, 3.05) is 6.61 Å². The number of amides is 1. The number of hydrogen-bond acceptors (Lipinski definition) is 3. The van der Waals surface area contributed by atoms with E-state index in [4.69, 9.17) is 0 Å². The maximum atomic E-state index is 12.4. The number of aromatic nitrogens is 2. The molecule has 1 heterocycles. The molecule has 2 rings (SSSR count). The second-order valence-electron chi connectivity index (χ2n) is 6.29. The minimum absolute atomic E-state index is 0.0999. The lowest BCUT2D eigenvalue weighted by molar-refractivity contribution is 0.0907. The first-order chi connectivity index (χ1) is 11.0. The molecule has 0 bridgehead atoms. The minimum Gasteiger partial charge on any atom is -0.394 e. The summed E-state index contributed by atoms with van der Waals surface area (Å²) in [6, 6.07) is 11.3. The smallest absolute Gasteiger partial charge is 0.269 e. The van der Waals surface area contributed by atoms with Crippen LogP contribution < -0.4 is 5.32 Å². The zero-order valence-electron chi connectivity index (χ0n) is 14.0. The highest BCUT2D eigenvalue weighted by Gasteiger charge is 2.18. The van der Waals surface area contributed by atoms with E-state index in [2.05, 4.69) is 24.3 Å². The molecule has 2 aromatic rings. The Kier molecular flexibility index (Phi) is 5.93. The Morgan fingerprint density at radius 3 is 2.57 bits per heavy atom. The lowest BCUT2D eigenvalue weighted by Crippen LogP contribution is -2.39. The molecule has 5 nitrogen and oxygen atoms in total. The van der Waals surface area contributed by atoms with Gasteiger partial charge >= 0.3 is 0 Å². The van der Waals surface area contributed by atoms with Crippen LogP contribution in [0, 0.1) is 5.92 Å². The van der Waals surface area contributed by atoms with Crippen molar-refractivity contribution in [3.63, 3.8) is 0 Å². The van der Waals surface area contributed by atoms with Crippen LogP contribution in [0.5, 0.6) is 0 Å². The average Bonchev–Trinajstić information content (AvgIpc) is 2.87. The van der Waals surface area contributed by atoms with Gasteiger partial charge in [-0.1, -0.05) is 44.2 Å². The van der Waals surface area contributed by atoms with E-state index < -0.39 is 0 Å². The number of aliphatic hydroxyl groups excluding tert-OH is 1. The number of hydrogen-bond donors (Lipinski definition) is 2. The van der Waals surface area contributed by atoms with Crippen LogP contribution in [0.1, 0.15) is 35.6 Å². The van der Waals surface area contributed by atoms with Crippen LogP contribution in [0.3, 0.4) is 0 Å². The summed E-state index contributed by atoms with van der Waals surface area (Å²) in [4.78, 5) is 12.4. The highest BCUT2D eigenvalue weighted by molar-refractivity contribution is 5.92. The molecule has 0 aliphatic carbocycles. The minimum atomic E-state index is -0.312. The number of nitrogens with one attached hydrogen (secondary N) is 1.